The predicted octanol–water partition coefficient (Wildman–Crippen LogP) is -4.13. The number of amides is 5. The zero-order chi connectivity index (χ0) is 21.4. The van der Waals surface area contributed by atoms with Crippen LogP contribution < -0.4 is 27.0 Å². The van der Waals surface area contributed by atoms with Crippen molar-refractivity contribution in [2.75, 3.05) is 6.61 Å². The van der Waals surface area contributed by atoms with E-state index in [-0.39, 0.29) is 6.42 Å². The van der Waals surface area contributed by atoms with Gasteiger partial charge in [-0.15, -0.1) is 0 Å². The third-order valence-electron chi connectivity index (χ3n) is 3.44. The van der Waals surface area contributed by atoms with Gasteiger partial charge in [0.25, 0.3) is 12.1 Å². The highest BCUT2D eigenvalue weighted by Gasteiger charge is 2.35. The quantitative estimate of drug-likeness (QED) is 0.138. The number of aliphatic carboxylic acids is 1. The zero-order valence-corrected chi connectivity index (χ0v) is 14.8. The molecule has 0 bridgehead atoms. The van der Waals surface area contributed by atoms with Gasteiger partial charge in [-0.05, 0) is 13.3 Å². The molecule has 1 aliphatic heterocycles. The summed E-state index contributed by atoms with van der Waals surface area (Å²) < 4.78 is 4.64. The monoisotopic (exact) mass is 403 g/mol. The summed E-state index contributed by atoms with van der Waals surface area (Å²) in [7, 11) is 0. The van der Waals surface area contributed by atoms with Gasteiger partial charge in [0.2, 0.25) is 11.8 Å². The third kappa shape index (κ3) is 6.81. The first-order chi connectivity index (χ1) is 13.0. The summed E-state index contributed by atoms with van der Waals surface area (Å²) in [6.07, 6.45) is -2.71. The number of hydrogen-bond donors (Lipinski definition) is 7. The number of nitrogens with two attached hydrogens (primary N) is 1. The summed E-state index contributed by atoms with van der Waals surface area (Å²) >= 11 is 0. The molecular weight excluding hydrogens is 382 g/mol. The van der Waals surface area contributed by atoms with Crippen molar-refractivity contribution < 1.29 is 43.7 Å². The van der Waals surface area contributed by atoms with Crippen LogP contribution in [0.15, 0.2) is 0 Å². The van der Waals surface area contributed by atoms with Gasteiger partial charge in [0.05, 0.1) is 12.5 Å². The molecule has 1 rings (SSSR count). The number of carboxylic acid groups (broad SMARTS) is 1. The van der Waals surface area contributed by atoms with Crippen molar-refractivity contribution in [3.8, 4) is 0 Å². The molecule has 1 aliphatic rings. The molecule has 28 heavy (non-hydrogen) atoms. The molecule has 1 unspecified atom stereocenters. The molecule has 1 heterocycles. The Labute approximate surface area is 158 Å². The average molecular weight is 403 g/mol. The highest BCUT2D eigenvalue weighted by Crippen LogP contribution is 2.03. The second-order valence-electron chi connectivity index (χ2n) is 5.80. The molecule has 1 saturated heterocycles. The molecule has 14 heteroatoms. The lowest BCUT2D eigenvalue weighted by Crippen LogP contribution is -2.54. The van der Waals surface area contributed by atoms with E-state index < -0.39 is 73.1 Å². The Morgan fingerprint density at radius 1 is 1.18 bits per heavy atom. The smallest absolute Gasteiger partial charge is 0.326 e. The third-order valence-corrected chi connectivity index (χ3v) is 3.44. The largest absolute Gasteiger partial charge is 0.480 e. The van der Waals surface area contributed by atoms with Crippen LogP contribution in [0.5, 0.6) is 0 Å². The number of carbonyl (C=O) groups excluding carboxylic acids is 5. The highest BCUT2D eigenvalue weighted by molar-refractivity contribution is 6.04. The number of carboxylic acids is 1. The molecule has 8 N–H and O–H groups in total. The Morgan fingerprint density at radius 3 is 2.25 bits per heavy atom. The van der Waals surface area contributed by atoms with Crippen LogP contribution in [0.25, 0.3) is 0 Å². The molecule has 0 aromatic heterocycles. The van der Waals surface area contributed by atoms with Gasteiger partial charge in [0.15, 0.2) is 0 Å². The standard InChI is InChI=1S/C14H21N5O9/c1-5(15)9(22)16-6(2-3-20)10(23)17-7(13(25)26)4-8(21)28-12-11(24)18-14(27)19-12/h5-7,12,20H,2-4,15H2,1H3,(H,16,22)(H,17,23)(H,25,26)(H2,18,19,24,27)/t5-,6-,7-,12?/m0/s1. The molecule has 5 amide bonds. The fourth-order valence-electron chi connectivity index (χ4n) is 2.00. The number of ether oxygens (including phenoxy) is 1. The first kappa shape index (κ1) is 22.8. The SMILES string of the molecule is C[C@H](N)C(=O)N[C@@H](CCO)C(=O)N[C@@H](CC(=O)OC1NC(=O)NC1=O)C(=O)O. The Balaban J connectivity index is 2.70. The lowest BCUT2D eigenvalue weighted by molar-refractivity contribution is -0.158. The maximum Gasteiger partial charge on any atom is 0.326 e. The molecule has 1 fully saturated rings. The van der Waals surface area contributed by atoms with E-state index in [9.17, 15) is 33.9 Å². The van der Waals surface area contributed by atoms with Gasteiger partial charge in [-0.25, -0.2) is 9.59 Å². The molecule has 0 radical (unpaired) electrons. The van der Waals surface area contributed by atoms with Crippen LogP contribution >= 0.6 is 0 Å². The van der Waals surface area contributed by atoms with Crippen molar-refractivity contribution in [1.29, 1.82) is 0 Å². The topological polar surface area (TPSA) is 226 Å². The van der Waals surface area contributed by atoms with Crippen LogP contribution in [0.3, 0.4) is 0 Å². The summed E-state index contributed by atoms with van der Waals surface area (Å²) in [5, 5.41) is 26.2. The fraction of sp³-hybridized carbons (Fsp3) is 0.571. The second-order valence-corrected chi connectivity index (χ2v) is 5.80. The maximum atomic E-state index is 12.2. The Bertz CT molecular complexity index is 666. The van der Waals surface area contributed by atoms with E-state index in [2.05, 4.69) is 10.1 Å². The molecule has 0 aromatic rings. The number of imide groups is 1. The molecule has 4 atom stereocenters. The van der Waals surface area contributed by atoms with Crippen LogP contribution in [0.1, 0.15) is 19.8 Å². The van der Waals surface area contributed by atoms with Gasteiger partial charge in [-0.2, -0.15) is 0 Å². The number of nitrogens with one attached hydrogen (secondary N) is 4. The van der Waals surface area contributed by atoms with Crippen LogP contribution in [0, 0.1) is 0 Å². The number of aliphatic hydroxyl groups is 1. The summed E-state index contributed by atoms with van der Waals surface area (Å²) in [5.41, 5.74) is 5.37. The van der Waals surface area contributed by atoms with Crippen LogP contribution in [0.4, 0.5) is 4.79 Å². The second kappa shape index (κ2) is 10.2. The van der Waals surface area contributed by atoms with Gasteiger partial charge in [-0.3, -0.25) is 29.8 Å². The average Bonchev–Trinajstić information content (AvgIpc) is 2.90. The number of urea groups is 1. The maximum absolute atomic E-state index is 12.2. The Hall–Kier alpha value is -3.26. The Morgan fingerprint density at radius 2 is 1.79 bits per heavy atom. The first-order valence-corrected chi connectivity index (χ1v) is 8.06. The van der Waals surface area contributed by atoms with Crippen molar-refractivity contribution in [2.24, 2.45) is 5.73 Å². The number of aliphatic hydroxyl groups excluding tert-OH is 1. The number of hydrogen-bond acceptors (Lipinski definition) is 9. The summed E-state index contributed by atoms with van der Waals surface area (Å²) in [6, 6.07) is -4.88. The van der Waals surface area contributed by atoms with Crippen molar-refractivity contribution in [3.63, 3.8) is 0 Å². The minimum atomic E-state index is -1.76. The molecule has 0 aromatic carbocycles. The zero-order valence-electron chi connectivity index (χ0n) is 14.8. The van der Waals surface area contributed by atoms with Gasteiger partial charge in [0.1, 0.15) is 12.1 Å². The van der Waals surface area contributed by atoms with E-state index in [4.69, 9.17) is 10.8 Å². The van der Waals surface area contributed by atoms with Crippen LogP contribution in [0.2, 0.25) is 0 Å². The van der Waals surface area contributed by atoms with E-state index >= 15 is 0 Å². The molecule has 156 valence electrons. The van der Waals surface area contributed by atoms with E-state index in [1.54, 1.807) is 0 Å². The normalized spacial score (nSPS) is 18.9. The lowest BCUT2D eigenvalue weighted by atomic mass is 10.1. The van der Waals surface area contributed by atoms with E-state index in [0.29, 0.717) is 0 Å². The molecule has 0 saturated carbocycles. The van der Waals surface area contributed by atoms with Crippen molar-refractivity contribution >= 4 is 35.7 Å². The van der Waals surface area contributed by atoms with Crippen molar-refractivity contribution in [2.45, 2.75) is 44.1 Å². The van der Waals surface area contributed by atoms with E-state index in [1.807, 2.05) is 16.0 Å². The summed E-state index contributed by atoms with van der Waals surface area (Å²) in [4.78, 5) is 69.2. The van der Waals surface area contributed by atoms with Crippen LogP contribution in [-0.2, 0) is 28.7 Å². The first-order valence-electron chi connectivity index (χ1n) is 8.06. The van der Waals surface area contributed by atoms with Gasteiger partial charge in [-0.1, -0.05) is 0 Å². The van der Waals surface area contributed by atoms with Gasteiger partial charge >= 0.3 is 18.0 Å². The molecule has 0 aliphatic carbocycles. The van der Waals surface area contributed by atoms with Crippen molar-refractivity contribution in [1.82, 2.24) is 21.3 Å². The van der Waals surface area contributed by atoms with Crippen LogP contribution in [-0.4, -0.2) is 76.9 Å². The predicted molar refractivity (Wildman–Crippen MR) is 88.0 cm³/mol. The Kier molecular flexibility index (Phi) is 8.28. The lowest BCUT2D eigenvalue weighted by Gasteiger charge is -2.21. The van der Waals surface area contributed by atoms with Crippen molar-refractivity contribution in [3.05, 3.63) is 0 Å². The number of esters is 1. The molecular formula is C14H21N5O9. The molecule has 0 spiro atoms. The fourth-order valence-corrected chi connectivity index (χ4v) is 2.00. The van der Waals surface area contributed by atoms with Gasteiger partial charge in [0, 0.05) is 6.61 Å². The number of rotatable bonds is 10. The summed E-state index contributed by atoms with van der Waals surface area (Å²) in [6.45, 7) is 0.866. The highest BCUT2D eigenvalue weighted by atomic mass is 16.6. The van der Waals surface area contributed by atoms with E-state index in [0.717, 1.165) is 0 Å². The van der Waals surface area contributed by atoms with E-state index in [1.165, 1.54) is 6.92 Å². The minimum absolute atomic E-state index is 0.227. The summed E-state index contributed by atoms with van der Waals surface area (Å²) in [5.74, 6) is -5.39. The van der Waals surface area contributed by atoms with Gasteiger partial charge < -0.3 is 31.3 Å². The number of carbonyl (C=O) groups is 6. The molecule has 14 nitrogen and oxygen atoms in total. The minimum Gasteiger partial charge on any atom is -0.480 e.